The van der Waals surface area contributed by atoms with Gasteiger partial charge >= 0.3 is 0 Å². The van der Waals surface area contributed by atoms with Crippen LogP contribution >= 0.6 is 23.2 Å². The van der Waals surface area contributed by atoms with Crippen molar-refractivity contribution in [1.82, 2.24) is 14.8 Å². The minimum absolute atomic E-state index is 0.0908. The van der Waals surface area contributed by atoms with Gasteiger partial charge in [0.05, 0.1) is 23.5 Å². The quantitative estimate of drug-likeness (QED) is 0.695. The molecule has 0 aliphatic carbocycles. The second-order valence-electron chi connectivity index (χ2n) is 6.83. The molecule has 5 rings (SSSR count). The number of fused-ring (bicyclic) bond motifs is 4. The van der Waals surface area contributed by atoms with Crippen LogP contribution < -0.4 is 10.6 Å². The molecule has 2 aliphatic heterocycles. The molecule has 7 heteroatoms. The van der Waals surface area contributed by atoms with Crippen LogP contribution in [-0.2, 0) is 12.0 Å². The number of hydrogen-bond acceptors (Lipinski definition) is 4. The summed E-state index contributed by atoms with van der Waals surface area (Å²) in [5.74, 6) is 1.06. The Bertz CT molecular complexity index is 982. The summed E-state index contributed by atoms with van der Waals surface area (Å²) in [6, 6.07) is 9.87. The first kappa shape index (κ1) is 16.0. The highest BCUT2D eigenvalue weighted by Gasteiger charge is 2.45. The van der Waals surface area contributed by atoms with Crippen LogP contribution in [0.5, 0.6) is 0 Å². The van der Waals surface area contributed by atoms with Crippen molar-refractivity contribution in [1.29, 1.82) is 0 Å². The zero-order chi connectivity index (χ0) is 17.7. The maximum atomic E-state index is 6.29. The Hall–Kier alpha value is -2.24. The Morgan fingerprint density at radius 3 is 2.77 bits per heavy atom. The van der Waals surface area contributed by atoms with E-state index in [1.54, 1.807) is 6.20 Å². The first-order valence-electron chi connectivity index (χ1n) is 8.60. The van der Waals surface area contributed by atoms with E-state index in [2.05, 4.69) is 32.8 Å². The second kappa shape index (κ2) is 5.89. The molecule has 0 saturated heterocycles. The van der Waals surface area contributed by atoms with Gasteiger partial charge in [0.25, 0.3) is 0 Å². The third-order valence-electron chi connectivity index (χ3n) is 5.38. The molecule has 2 aromatic heterocycles. The van der Waals surface area contributed by atoms with Crippen molar-refractivity contribution in [3.05, 3.63) is 69.6 Å². The van der Waals surface area contributed by atoms with Crippen LogP contribution in [-0.4, -0.2) is 27.9 Å². The van der Waals surface area contributed by atoms with E-state index >= 15 is 0 Å². The van der Waals surface area contributed by atoms with Gasteiger partial charge in [0.2, 0.25) is 0 Å². The molecule has 26 heavy (non-hydrogen) atoms. The van der Waals surface area contributed by atoms with Crippen LogP contribution in [0.4, 0.5) is 11.5 Å². The smallest absolute Gasteiger partial charge is 0.128 e. The van der Waals surface area contributed by atoms with E-state index in [4.69, 9.17) is 23.2 Å². The standard InChI is InChI=1S/C19H17Cl2N5/c20-12-2-4-17-15(7-12)19(11-24-17)5-6-22-18-16(19)9-25-26(18)10-14-3-1-13(21)8-23-14/h1-4,7-9,22,24H,5-6,10-11H2/t19-/m1/s1. The van der Waals surface area contributed by atoms with E-state index in [9.17, 15) is 0 Å². The molecule has 3 aromatic rings. The fourth-order valence-corrected chi connectivity index (χ4v) is 4.38. The average Bonchev–Trinajstić information content (AvgIpc) is 3.21. The van der Waals surface area contributed by atoms with Gasteiger partial charge in [-0.25, -0.2) is 4.68 Å². The first-order chi connectivity index (χ1) is 12.7. The van der Waals surface area contributed by atoms with Gasteiger partial charge in [-0.1, -0.05) is 23.2 Å². The van der Waals surface area contributed by atoms with Gasteiger partial charge in [-0.2, -0.15) is 5.10 Å². The zero-order valence-electron chi connectivity index (χ0n) is 14.0. The minimum Gasteiger partial charge on any atom is -0.384 e. The molecule has 0 amide bonds. The lowest BCUT2D eigenvalue weighted by Gasteiger charge is -2.34. The van der Waals surface area contributed by atoms with E-state index in [1.807, 2.05) is 29.1 Å². The van der Waals surface area contributed by atoms with Crippen molar-refractivity contribution in [2.45, 2.75) is 18.4 Å². The lowest BCUT2D eigenvalue weighted by Crippen LogP contribution is -2.37. The predicted molar refractivity (Wildman–Crippen MR) is 104 cm³/mol. The van der Waals surface area contributed by atoms with Gasteiger partial charge in [-0.15, -0.1) is 0 Å². The molecule has 5 nitrogen and oxygen atoms in total. The van der Waals surface area contributed by atoms with Crippen LogP contribution in [0.25, 0.3) is 0 Å². The summed E-state index contributed by atoms with van der Waals surface area (Å²) >= 11 is 12.2. The fourth-order valence-electron chi connectivity index (χ4n) is 4.10. The van der Waals surface area contributed by atoms with Crippen molar-refractivity contribution in [3.8, 4) is 0 Å². The average molecular weight is 386 g/mol. The van der Waals surface area contributed by atoms with Gasteiger partial charge < -0.3 is 10.6 Å². The van der Waals surface area contributed by atoms with Crippen molar-refractivity contribution >= 4 is 34.7 Å². The van der Waals surface area contributed by atoms with Crippen molar-refractivity contribution in [2.75, 3.05) is 23.7 Å². The third kappa shape index (κ3) is 2.38. The van der Waals surface area contributed by atoms with Gasteiger partial charge in [-0.05, 0) is 42.3 Å². The lowest BCUT2D eigenvalue weighted by molar-refractivity contribution is 0.515. The number of nitrogens with one attached hydrogen (secondary N) is 2. The first-order valence-corrected chi connectivity index (χ1v) is 9.36. The van der Waals surface area contributed by atoms with Crippen LogP contribution in [0.3, 0.4) is 0 Å². The number of nitrogens with zero attached hydrogens (tertiary/aromatic N) is 3. The highest BCUT2D eigenvalue weighted by molar-refractivity contribution is 6.31. The topological polar surface area (TPSA) is 54.8 Å². The third-order valence-corrected chi connectivity index (χ3v) is 5.84. The van der Waals surface area contributed by atoms with E-state index in [1.165, 1.54) is 11.1 Å². The molecule has 4 heterocycles. The van der Waals surface area contributed by atoms with Gasteiger partial charge in [0, 0.05) is 41.0 Å². The van der Waals surface area contributed by atoms with E-state index in [0.29, 0.717) is 11.6 Å². The van der Waals surface area contributed by atoms with Crippen molar-refractivity contribution in [2.24, 2.45) is 0 Å². The van der Waals surface area contributed by atoms with Gasteiger partial charge in [0.1, 0.15) is 5.82 Å². The molecule has 1 atom stereocenters. The summed E-state index contributed by atoms with van der Waals surface area (Å²) in [6.07, 6.45) is 4.65. The number of hydrogen-bond donors (Lipinski definition) is 2. The molecule has 0 fully saturated rings. The van der Waals surface area contributed by atoms with E-state index in [0.717, 1.165) is 41.7 Å². The zero-order valence-corrected chi connectivity index (χ0v) is 15.5. The van der Waals surface area contributed by atoms with Crippen LogP contribution in [0.2, 0.25) is 10.0 Å². The largest absolute Gasteiger partial charge is 0.384 e. The number of pyridine rings is 1. The summed E-state index contributed by atoms with van der Waals surface area (Å²) in [5.41, 5.74) is 4.47. The normalized spacial score (nSPS) is 20.4. The number of rotatable bonds is 2. The molecule has 0 unspecified atom stereocenters. The van der Waals surface area contributed by atoms with Crippen LogP contribution in [0, 0.1) is 0 Å². The minimum atomic E-state index is -0.0908. The Kier molecular flexibility index (Phi) is 3.62. The molecule has 0 radical (unpaired) electrons. The molecule has 1 aromatic carbocycles. The van der Waals surface area contributed by atoms with Crippen molar-refractivity contribution in [3.63, 3.8) is 0 Å². The summed E-state index contributed by atoms with van der Waals surface area (Å²) in [7, 11) is 0. The molecule has 0 bridgehead atoms. The Labute approximate surface area is 161 Å². The monoisotopic (exact) mass is 385 g/mol. The van der Waals surface area contributed by atoms with Crippen molar-refractivity contribution < 1.29 is 0 Å². The summed E-state index contributed by atoms with van der Waals surface area (Å²) < 4.78 is 1.98. The summed E-state index contributed by atoms with van der Waals surface area (Å²) in [5, 5.41) is 13.1. The molecular weight excluding hydrogens is 369 g/mol. The number of halogens is 2. The lowest BCUT2D eigenvalue weighted by atomic mass is 9.73. The molecule has 132 valence electrons. The predicted octanol–water partition coefficient (Wildman–Crippen LogP) is 4.16. The maximum Gasteiger partial charge on any atom is 0.128 e. The molecule has 2 N–H and O–H groups in total. The maximum absolute atomic E-state index is 6.29. The molecule has 0 saturated carbocycles. The fraction of sp³-hybridized carbons (Fsp3) is 0.263. The SMILES string of the molecule is Clc1ccc(Cn2ncc3c2NCC[C@]32CNc3ccc(Cl)cc32)nc1. The highest BCUT2D eigenvalue weighted by Crippen LogP contribution is 2.49. The number of anilines is 2. The van der Waals surface area contributed by atoms with Gasteiger partial charge in [-0.3, -0.25) is 4.98 Å². The number of aromatic nitrogens is 3. The summed E-state index contributed by atoms with van der Waals surface area (Å²) in [4.78, 5) is 4.39. The van der Waals surface area contributed by atoms with Crippen LogP contribution in [0.1, 0.15) is 23.2 Å². The van der Waals surface area contributed by atoms with E-state index < -0.39 is 0 Å². The Morgan fingerprint density at radius 1 is 1.04 bits per heavy atom. The van der Waals surface area contributed by atoms with Gasteiger partial charge in [0.15, 0.2) is 0 Å². The second-order valence-corrected chi connectivity index (χ2v) is 7.71. The molecule has 1 spiro atoms. The summed E-state index contributed by atoms with van der Waals surface area (Å²) in [6.45, 7) is 2.36. The highest BCUT2D eigenvalue weighted by atomic mass is 35.5. The Morgan fingerprint density at radius 2 is 1.92 bits per heavy atom. The molecule has 2 aliphatic rings. The molecular formula is C19H17Cl2N5. The number of benzene rings is 1. The van der Waals surface area contributed by atoms with E-state index in [-0.39, 0.29) is 5.41 Å². The Balaban J connectivity index is 1.57. The van der Waals surface area contributed by atoms with Crippen LogP contribution in [0.15, 0.2) is 42.7 Å².